The van der Waals surface area contributed by atoms with Crippen molar-refractivity contribution < 1.29 is 37.3 Å². The number of phosphoric ester groups is 1. The fourth-order valence-electron chi connectivity index (χ4n) is 9.77. The highest BCUT2D eigenvalue weighted by molar-refractivity contribution is 7.47. The number of hydrogen-bond donors (Lipinski definition) is 2. The van der Waals surface area contributed by atoms with E-state index < -0.39 is 20.0 Å². The summed E-state index contributed by atoms with van der Waals surface area (Å²) in [5.74, 6) is -0.483. The summed E-state index contributed by atoms with van der Waals surface area (Å²) in [4.78, 5) is 37.7. The Morgan fingerprint density at radius 2 is 0.781 bits per heavy atom. The first-order chi connectivity index (χ1) is 35.4. The first-order valence-corrected chi connectivity index (χ1v) is 33.5. The molecule has 0 heterocycles. The smallest absolute Gasteiger partial charge is 0.456 e. The van der Waals surface area contributed by atoms with E-state index in [0.717, 1.165) is 57.8 Å². The van der Waals surface area contributed by atoms with Gasteiger partial charge in [0.05, 0.1) is 33.8 Å². The fraction of sp³-hybridized carbons (Fsp3) is 0.937. The number of esters is 1. The number of amides is 1. The van der Waals surface area contributed by atoms with Crippen LogP contribution in [-0.4, -0.2) is 74.3 Å². The number of phosphoric acid groups is 1. The quantitative estimate of drug-likeness (QED) is 0.0205. The van der Waals surface area contributed by atoms with Crippen LogP contribution in [0.4, 0.5) is 0 Å². The van der Waals surface area contributed by atoms with Gasteiger partial charge in [-0.15, -0.1) is 0 Å². The number of quaternary nitrogens is 1. The summed E-state index contributed by atoms with van der Waals surface area (Å²) >= 11 is 0. The SMILES string of the molecule is CCCCCCCCCCC/C=C\C(OC(=O)CCCCCCCCCCCCCCCCCCCCCCC)C(COP(=O)(O)OCC[N+](C)(C)C)NC(=O)CCCCCCCCCCCCCCCCC. The van der Waals surface area contributed by atoms with Gasteiger partial charge in [-0.05, 0) is 31.8 Å². The third kappa shape index (κ3) is 55.3. The summed E-state index contributed by atoms with van der Waals surface area (Å²) in [6.07, 6.45) is 62.1. The zero-order valence-corrected chi connectivity index (χ0v) is 50.6. The molecule has 1 amide bonds. The fourth-order valence-corrected chi connectivity index (χ4v) is 10.5. The van der Waals surface area contributed by atoms with Crippen molar-refractivity contribution in [3.63, 3.8) is 0 Å². The molecule has 0 aliphatic rings. The summed E-state index contributed by atoms with van der Waals surface area (Å²) in [5.41, 5.74) is 0. The van der Waals surface area contributed by atoms with Gasteiger partial charge in [-0.1, -0.05) is 297 Å². The minimum Gasteiger partial charge on any atom is -0.456 e. The van der Waals surface area contributed by atoms with E-state index in [4.69, 9.17) is 13.8 Å². The van der Waals surface area contributed by atoms with Crippen LogP contribution in [0.1, 0.15) is 329 Å². The molecule has 434 valence electrons. The van der Waals surface area contributed by atoms with E-state index in [9.17, 15) is 19.0 Å². The molecular weight excluding hydrogens is 928 g/mol. The Bertz CT molecular complexity index is 1260. The van der Waals surface area contributed by atoms with Crippen LogP contribution in [0.5, 0.6) is 0 Å². The molecule has 2 N–H and O–H groups in total. The van der Waals surface area contributed by atoms with E-state index in [2.05, 4.69) is 26.1 Å². The molecular formula is C63H126N2O7P+. The van der Waals surface area contributed by atoms with Gasteiger partial charge in [0.2, 0.25) is 5.91 Å². The minimum atomic E-state index is -4.44. The highest BCUT2D eigenvalue weighted by atomic mass is 31.2. The molecule has 0 aromatic rings. The van der Waals surface area contributed by atoms with Gasteiger partial charge in [-0.3, -0.25) is 18.6 Å². The van der Waals surface area contributed by atoms with Crippen LogP contribution in [0.2, 0.25) is 0 Å². The van der Waals surface area contributed by atoms with E-state index in [1.807, 2.05) is 33.3 Å². The second kappa shape index (κ2) is 54.1. The Morgan fingerprint density at radius 1 is 0.466 bits per heavy atom. The van der Waals surface area contributed by atoms with Gasteiger partial charge in [0, 0.05) is 12.8 Å². The molecule has 0 fully saturated rings. The number of likely N-dealkylation sites (N-methyl/N-ethyl adjacent to an activating group) is 1. The number of nitrogens with one attached hydrogen (secondary N) is 1. The predicted molar refractivity (Wildman–Crippen MR) is 314 cm³/mol. The topological polar surface area (TPSA) is 111 Å². The van der Waals surface area contributed by atoms with Crippen molar-refractivity contribution in [2.75, 3.05) is 40.9 Å². The standard InChI is InChI=1S/C63H125N2O7P/c1-7-10-13-16-19-22-25-27-29-30-31-32-33-34-36-38-41-44-47-50-53-56-63(67)72-61(54-51-48-45-42-39-24-21-18-15-12-9-3)60(59-71-73(68,69)70-58-57-65(4,5)6)64-62(66)55-52-49-46-43-40-37-35-28-26-23-20-17-14-11-8-2/h51,54,60-61H,7-50,52-53,55-59H2,1-6H3,(H-,64,66,68,69)/p+1/b54-51-. The highest BCUT2D eigenvalue weighted by Crippen LogP contribution is 2.43. The Morgan fingerprint density at radius 3 is 1.12 bits per heavy atom. The Balaban J connectivity index is 5.11. The number of nitrogens with zero attached hydrogens (tertiary/aromatic N) is 1. The first-order valence-electron chi connectivity index (χ1n) is 32.0. The van der Waals surface area contributed by atoms with Crippen LogP contribution in [0, 0.1) is 0 Å². The lowest BCUT2D eigenvalue weighted by atomic mass is 10.0. The van der Waals surface area contributed by atoms with Crippen LogP contribution < -0.4 is 5.32 Å². The lowest BCUT2D eigenvalue weighted by molar-refractivity contribution is -0.870. The molecule has 0 aromatic heterocycles. The van der Waals surface area contributed by atoms with Gasteiger partial charge >= 0.3 is 13.8 Å². The molecule has 0 aliphatic carbocycles. The van der Waals surface area contributed by atoms with Gasteiger partial charge in [0.1, 0.15) is 19.3 Å². The summed E-state index contributed by atoms with van der Waals surface area (Å²) in [7, 11) is 1.52. The average molecular weight is 1050 g/mol. The largest absolute Gasteiger partial charge is 0.472 e. The maximum Gasteiger partial charge on any atom is 0.472 e. The third-order valence-electron chi connectivity index (χ3n) is 14.7. The molecule has 10 heteroatoms. The zero-order valence-electron chi connectivity index (χ0n) is 49.7. The first kappa shape index (κ1) is 71.8. The molecule has 0 bridgehead atoms. The molecule has 0 aromatic carbocycles. The second-order valence-electron chi connectivity index (χ2n) is 23.3. The van der Waals surface area contributed by atoms with Crippen LogP contribution in [0.3, 0.4) is 0 Å². The number of hydrogen-bond acceptors (Lipinski definition) is 6. The number of allylic oxidation sites excluding steroid dienone is 1. The van der Waals surface area contributed by atoms with Gasteiger partial charge in [-0.2, -0.15) is 0 Å². The molecule has 0 saturated carbocycles. The van der Waals surface area contributed by atoms with E-state index >= 15 is 0 Å². The predicted octanol–water partition coefficient (Wildman–Crippen LogP) is 19.6. The van der Waals surface area contributed by atoms with Crippen LogP contribution in [-0.2, 0) is 27.9 Å². The minimum absolute atomic E-state index is 0.0457. The third-order valence-corrected chi connectivity index (χ3v) is 15.7. The summed E-state index contributed by atoms with van der Waals surface area (Å²) in [6.45, 7) is 7.06. The van der Waals surface area contributed by atoms with Crippen molar-refractivity contribution in [3.05, 3.63) is 12.2 Å². The normalized spacial score (nSPS) is 13.7. The highest BCUT2D eigenvalue weighted by Gasteiger charge is 2.30. The van der Waals surface area contributed by atoms with Gasteiger partial charge < -0.3 is 19.4 Å². The van der Waals surface area contributed by atoms with E-state index in [-0.39, 0.29) is 25.1 Å². The lowest BCUT2D eigenvalue weighted by Gasteiger charge is -2.27. The zero-order chi connectivity index (χ0) is 53.6. The number of carbonyl (C=O) groups excluding carboxylic acids is 2. The monoisotopic (exact) mass is 1050 g/mol. The molecule has 0 rings (SSSR count). The molecule has 0 aliphatic heterocycles. The maximum absolute atomic E-state index is 13.5. The van der Waals surface area contributed by atoms with Gasteiger partial charge in [0.25, 0.3) is 0 Å². The van der Waals surface area contributed by atoms with Crippen LogP contribution in [0.25, 0.3) is 0 Å². The van der Waals surface area contributed by atoms with Crippen molar-refractivity contribution in [2.24, 2.45) is 0 Å². The van der Waals surface area contributed by atoms with Crippen molar-refractivity contribution >= 4 is 19.7 Å². The van der Waals surface area contributed by atoms with Crippen molar-refractivity contribution in [2.45, 2.75) is 341 Å². The number of carbonyl (C=O) groups is 2. The second-order valence-corrected chi connectivity index (χ2v) is 24.8. The van der Waals surface area contributed by atoms with Gasteiger partial charge in [0.15, 0.2) is 0 Å². The van der Waals surface area contributed by atoms with Gasteiger partial charge in [-0.25, -0.2) is 4.57 Å². The summed E-state index contributed by atoms with van der Waals surface area (Å²) in [5, 5.41) is 3.06. The molecule has 0 spiro atoms. The molecule has 73 heavy (non-hydrogen) atoms. The Kier molecular flexibility index (Phi) is 53.2. The van der Waals surface area contributed by atoms with E-state index in [0.29, 0.717) is 23.9 Å². The number of rotatable bonds is 59. The van der Waals surface area contributed by atoms with Crippen LogP contribution in [0.15, 0.2) is 12.2 Å². The Hall–Kier alpha value is -1.25. The van der Waals surface area contributed by atoms with Crippen molar-refractivity contribution in [1.82, 2.24) is 5.32 Å². The number of ether oxygens (including phenoxy) is 1. The van der Waals surface area contributed by atoms with Crippen molar-refractivity contribution in [1.29, 1.82) is 0 Å². The molecule has 0 radical (unpaired) electrons. The van der Waals surface area contributed by atoms with Crippen molar-refractivity contribution in [3.8, 4) is 0 Å². The molecule has 0 saturated heterocycles. The molecule has 9 nitrogen and oxygen atoms in total. The lowest BCUT2D eigenvalue weighted by Crippen LogP contribution is -2.47. The van der Waals surface area contributed by atoms with E-state index in [1.54, 1.807) is 0 Å². The Labute approximate surface area is 454 Å². The van der Waals surface area contributed by atoms with E-state index in [1.165, 1.54) is 238 Å². The summed E-state index contributed by atoms with van der Waals surface area (Å²) < 4.78 is 30.7. The molecule has 3 atom stereocenters. The number of unbranched alkanes of at least 4 members (excludes halogenated alkanes) is 43. The average Bonchev–Trinajstić information content (AvgIpc) is 3.35. The maximum atomic E-state index is 13.5. The van der Waals surface area contributed by atoms with Crippen LogP contribution >= 0.6 is 7.82 Å². The molecule has 3 unspecified atom stereocenters. The summed E-state index contributed by atoms with van der Waals surface area (Å²) in [6, 6.07) is -0.839.